The summed E-state index contributed by atoms with van der Waals surface area (Å²) >= 11 is 0. The lowest BCUT2D eigenvalue weighted by atomic mass is 9.85. The molecule has 0 N–H and O–H groups in total. The number of carbonyl (C=O) groups is 3. The molecular formula is C19H30N2O4. The summed E-state index contributed by atoms with van der Waals surface area (Å²) in [5.41, 5.74) is 0. The number of hydrogen-bond donors (Lipinski definition) is 0. The molecule has 2 amide bonds. The van der Waals surface area contributed by atoms with E-state index in [4.69, 9.17) is 4.74 Å². The summed E-state index contributed by atoms with van der Waals surface area (Å²) in [6.45, 7) is 5.78. The summed E-state index contributed by atoms with van der Waals surface area (Å²) in [6, 6.07) is -1.41. The van der Waals surface area contributed by atoms with Gasteiger partial charge in [-0.1, -0.05) is 26.2 Å². The van der Waals surface area contributed by atoms with E-state index >= 15 is 0 Å². The molecule has 0 radical (unpaired) electrons. The van der Waals surface area contributed by atoms with E-state index in [0.717, 1.165) is 32.1 Å². The van der Waals surface area contributed by atoms with Crippen LogP contribution in [0.1, 0.15) is 65.7 Å². The molecule has 3 rings (SSSR count). The molecule has 0 aromatic rings. The van der Waals surface area contributed by atoms with Crippen molar-refractivity contribution < 1.29 is 19.1 Å². The second-order valence-electron chi connectivity index (χ2n) is 7.59. The van der Waals surface area contributed by atoms with Gasteiger partial charge in [-0.3, -0.25) is 9.59 Å². The quantitative estimate of drug-likeness (QED) is 0.712. The minimum Gasteiger partial charge on any atom is -0.464 e. The molecule has 2 heterocycles. The first-order valence-corrected chi connectivity index (χ1v) is 9.82. The SMILES string of the molecule is CCC[C@@H](C(=O)OCC)N1C(=O)[C@H]2C[C@H]3CCCC[C@H]3N2C(=O)[C@@H]1C. The van der Waals surface area contributed by atoms with E-state index in [0.29, 0.717) is 12.3 Å². The summed E-state index contributed by atoms with van der Waals surface area (Å²) in [5.74, 6) is -0.00960. The first-order chi connectivity index (χ1) is 12.0. The fraction of sp³-hybridized carbons (Fsp3) is 0.842. The Labute approximate surface area is 149 Å². The normalized spacial score (nSPS) is 33.1. The maximum Gasteiger partial charge on any atom is 0.328 e. The van der Waals surface area contributed by atoms with E-state index in [2.05, 4.69) is 0 Å². The van der Waals surface area contributed by atoms with Crippen molar-refractivity contribution in [2.24, 2.45) is 5.92 Å². The van der Waals surface area contributed by atoms with Gasteiger partial charge in [0.05, 0.1) is 6.61 Å². The van der Waals surface area contributed by atoms with Gasteiger partial charge in [-0.2, -0.15) is 0 Å². The van der Waals surface area contributed by atoms with Crippen molar-refractivity contribution in [3.05, 3.63) is 0 Å². The minimum absolute atomic E-state index is 0.00408. The summed E-state index contributed by atoms with van der Waals surface area (Å²) in [4.78, 5) is 42.2. The number of hydrogen-bond acceptors (Lipinski definition) is 4. The lowest BCUT2D eigenvalue weighted by Gasteiger charge is -2.45. The standard InChI is InChI=1S/C19H30N2O4/c1-4-8-15(19(24)25-5-2)20-12(3)17(22)21-14-10-7-6-9-13(14)11-16(21)18(20)23/h12-16H,4-11H2,1-3H3/t12-,13+,14+,15-,16+/m0/s1. The molecule has 3 aliphatic rings. The van der Waals surface area contributed by atoms with E-state index in [1.54, 1.807) is 13.8 Å². The third-order valence-electron chi connectivity index (χ3n) is 6.11. The summed E-state index contributed by atoms with van der Waals surface area (Å²) in [6.07, 6.45) is 6.46. The number of ether oxygens (including phenoxy) is 1. The first-order valence-electron chi connectivity index (χ1n) is 9.82. The number of nitrogens with zero attached hydrogens (tertiary/aromatic N) is 2. The number of piperazine rings is 1. The topological polar surface area (TPSA) is 66.9 Å². The number of fused-ring (bicyclic) bond motifs is 3. The third-order valence-corrected chi connectivity index (χ3v) is 6.11. The Morgan fingerprint density at radius 2 is 1.92 bits per heavy atom. The Morgan fingerprint density at radius 3 is 2.60 bits per heavy atom. The lowest BCUT2D eigenvalue weighted by molar-refractivity contribution is -0.170. The van der Waals surface area contributed by atoms with Crippen LogP contribution in [-0.2, 0) is 19.1 Å². The van der Waals surface area contributed by atoms with Crippen LogP contribution >= 0.6 is 0 Å². The zero-order chi connectivity index (χ0) is 18.1. The summed E-state index contributed by atoms with van der Waals surface area (Å²) in [5, 5.41) is 0. The Balaban J connectivity index is 1.88. The molecule has 0 aromatic carbocycles. The Kier molecular flexibility index (Phi) is 5.35. The van der Waals surface area contributed by atoms with Crippen molar-refractivity contribution in [2.75, 3.05) is 6.61 Å². The van der Waals surface area contributed by atoms with Crippen LogP contribution in [0.25, 0.3) is 0 Å². The third kappa shape index (κ3) is 3.04. The molecule has 3 fully saturated rings. The van der Waals surface area contributed by atoms with Gasteiger partial charge in [-0.05, 0) is 45.4 Å². The van der Waals surface area contributed by atoms with Crippen LogP contribution in [-0.4, -0.2) is 58.4 Å². The average Bonchev–Trinajstić information content (AvgIpc) is 2.99. The molecule has 0 spiro atoms. The van der Waals surface area contributed by atoms with Gasteiger partial charge in [-0.15, -0.1) is 0 Å². The molecular weight excluding hydrogens is 320 g/mol. The van der Waals surface area contributed by atoms with Gasteiger partial charge in [0.15, 0.2) is 0 Å². The number of rotatable bonds is 5. The van der Waals surface area contributed by atoms with Crippen molar-refractivity contribution in [3.63, 3.8) is 0 Å². The van der Waals surface area contributed by atoms with Crippen LogP contribution in [0.3, 0.4) is 0 Å². The molecule has 1 saturated carbocycles. The Hall–Kier alpha value is -1.59. The first kappa shape index (κ1) is 18.2. The van der Waals surface area contributed by atoms with Crippen LogP contribution in [0.5, 0.6) is 0 Å². The Bertz CT molecular complexity index is 550. The maximum atomic E-state index is 13.3. The van der Waals surface area contributed by atoms with Gasteiger partial charge in [0.2, 0.25) is 11.8 Å². The molecule has 0 bridgehead atoms. The smallest absolute Gasteiger partial charge is 0.328 e. The van der Waals surface area contributed by atoms with Crippen molar-refractivity contribution in [1.82, 2.24) is 9.80 Å². The van der Waals surface area contributed by atoms with E-state index in [9.17, 15) is 14.4 Å². The molecule has 1 aliphatic carbocycles. The molecule has 25 heavy (non-hydrogen) atoms. The van der Waals surface area contributed by atoms with E-state index in [1.165, 1.54) is 11.3 Å². The highest BCUT2D eigenvalue weighted by Crippen LogP contribution is 2.43. The zero-order valence-electron chi connectivity index (χ0n) is 15.6. The fourth-order valence-electron chi connectivity index (χ4n) is 5.00. The molecule has 0 aromatic heterocycles. The predicted molar refractivity (Wildman–Crippen MR) is 92.6 cm³/mol. The van der Waals surface area contributed by atoms with E-state index in [-0.39, 0.29) is 36.5 Å². The predicted octanol–water partition coefficient (Wildman–Crippen LogP) is 2.11. The van der Waals surface area contributed by atoms with Gasteiger partial charge in [0.25, 0.3) is 0 Å². The Morgan fingerprint density at radius 1 is 1.20 bits per heavy atom. The second-order valence-corrected chi connectivity index (χ2v) is 7.59. The highest BCUT2D eigenvalue weighted by molar-refractivity contribution is 5.99. The van der Waals surface area contributed by atoms with Crippen molar-refractivity contribution >= 4 is 17.8 Å². The molecule has 0 unspecified atom stereocenters. The van der Waals surface area contributed by atoms with Crippen LogP contribution < -0.4 is 0 Å². The number of amides is 2. The largest absolute Gasteiger partial charge is 0.464 e. The highest BCUT2D eigenvalue weighted by atomic mass is 16.5. The highest BCUT2D eigenvalue weighted by Gasteiger charge is 2.55. The maximum absolute atomic E-state index is 13.3. The van der Waals surface area contributed by atoms with Gasteiger partial charge in [0.1, 0.15) is 18.1 Å². The minimum atomic E-state index is -0.652. The van der Waals surface area contributed by atoms with Crippen LogP contribution in [0.2, 0.25) is 0 Å². The number of esters is 1. The molecule has 6 nitrogen and oxygen atoms in total. The van der Waals surface area contributed by atoms with Gasteiger partial charge in [0, 0.05) is 6.04 Å². The monoisotopic (exact) mass is 350 g/mol. The van der Waals surface area contributed by atoms with Crippen LogP contribution in [0, 0.1) is 5.92 Å². The molecule has 2 saturated heterocycles. The molecule has 140 valence electrons. The summed E-state index contributed by atoms with van der Waals surface area (Å²) < 4.78 is 5.19. The van der Waals surface area contributed by atoms with Gasteiger partial charge < -0.3 is 14.5 Å². The van der Waals surface area contributed by atoms with E-state index in [1.807, 2.05) is 11.8 Å². The van der Waals surface area contributed by atoms with Crippen LogP contribution in [0.15, 0.2) is 0 Å². The molecule has 2 aliphatic heterocycles. The molecule has 6 heteroatoms. The second kappa shape index (κ2) is 7.34. The van der Waals surface area contributed by atoms with E-state index < -0.39 is 12.1 Å². The van der Waals surface area contributed by atoms with Crippen molar-refractivity contribution in [2.45, 2.75) is 89.9 Å². The zero-order valence-corrected chi connectivity index (χ0v) is 15.6. The van der Waals surface area contributed by atoms with Gasteiger partial charge >= 0.3 is 5.97 Å². The molecule has 5 atom stereocenters. The average molecular weight is 350 g/mol. The van der Waals surface area contributed by atoms with Crippen molar-refractivity contribution in [3.8, 4) is 0 Å². The number of carbonyl (C=O) groups excluding carboxylic acids is 3. The van der Waals surface area contributed by atoms with Gasteiger partial charge in [-0.25, -0.2) is 4.79 Å². The van der Waals surface area contributed by atoms with Crippen LogP contribution in [0.4, 0.5) is 0 Å². The van der Waals surface area contributed by atoms with Crippen molar-refractivity contribution in [1.29, 1.82) is 0 Å². The lowest BCUT2D eigenvalue weighted by Crippen LogP contribution is -2.67. The fourth-order valence-corrected chi connectivity index (χ4v) is 5.00. The summed E-state index contributed by atoms with van der Waals surface area (Å²) in [7, 11) is 0.